The summed E-state index contributed by atoms with van der Waals surface area (Å²) >= 11 is 3.27. The minimum atomic E-state index is -1.23. The van der Waals surface area contributed by atoms with Gasteiger partial charge >= 0.3 is 11.9 Å². The molecule has 0 aliphatic heterocycles. The molecular weight excluding hydrogens is 290 g/mol. The van der Waals surface area contributed by atoms with Crippen molar-refractivity contribution >= 4 is 33.6 Å². The smallest absolute Gasteiger partial charge is 0.354 e. The Kier molecular flexibility index (Phi) is 4.71. The molecule has 0 aliphatic rings. The maximum Gasteiger partial charge on any atom is 0.354 e. The Morgan fingerprint density at radius 2 is 2.18 bits per heavy atom. The topological polar surface area (TPSA) is 75.6 Å². The average molecular weight is 300 g/mol. The number of hydrogen-bond acceptors (Lipinski definition) is 4. The van der Waals surface area contributed by atoms with E-state index in [1.54, 1.807) is 18.2 Å². The predicted molar refractivity (Wildman–Crippen MR) is 65.5 cm³/mol. The van der Waals surface area contributed by atoms with Gasteiger partial charge in [0.15, 0.2) is 0 Å². The minimum absolute atomic E-state index is 0.141. The van der Waals surface area contributed by atoms with Gasteiger partial charge in [0.1, 0.15) is 5.70 Å². The first-order valence-electron chi connectivity index (χ1n) is 4.58. The summed E-state index contributed by atoms with van der Waals surface area (Å²) in [6.45, 7) is 0. The lowest BCUT2D eigenvalue weighted by atomic mass is 10.3. The van der Waals surface area contributed by atoms with Crippen LogP contribution in [0.1, 0.15) is 0 Å². The Morgan fingerprint density at radius 1 is 1.47 bits per heavy atom. The molecule has 0 aromatic heterocycles. The Morgan fingerprint density at radius 3 is 2.71 bits per heavy atom. The zero-order valence-corrected chi connectivity index (χ0v) is 10.5. The third-order valence-corrected chi connectivity index (χ3v) is 2.27. The van der Waals surface area contributed by atoms with Crippen LogP contribution in [-0.4, -0.2) is 24.2 Å². The molecule has 0 saturated heterocycles. The number of rotatable bonds is 4. The van der Waals surface area contributed by atoms with E-state index in [1.165, 1.54) is 7.11 Å². The van der Waals surface area contributed by atoms with Crippen LogP contribution in [0.15, 0.2) is 40.5 Å². The number of carboxylic acid groups (broad SMARTS) is 1. The maximum atomic E-state index is 11.3. The molecular formula is C11H10BrNO4. The van der Waals surface area contributed by atoms with E-state index in [-0.39, 0.29) is 5.70 Å². The highest BCUT2D eigenvalue weighted by Crippen LogP contribution is 2.17. The maximum absolute atomic E-state index is 11.3. The number of nitrogens with one attached hydrogen (secondary N) is 1. The van der Waals surface area contributed by atoms with Gasteiger partial charge in [0, 0.05) is 10.2 Å². The largest absolute Gasteiger partial charge is 0.478 e. The molecule has 5 nitrogen and oxygen atoms in total. The van der Waals surface area contributed by atoms with Gasteiger partial charge < -0.3 is 15.2 Å². The van der Waals surface area contributed by atoms with Gasteiger partial charge in [-0.2, -0.15) is 0 Å². The highest BCUT2D eigenvalue weighted by Gasteiger charge is 2.11. The van der Waals surface area contributed by atoms with Crippen LogP contribution in [0, 0.1) is 0 Å². The van der Waals surface area contributed by atoms with Crippen molar-refractivity contribution in [1.82, 2.24) is 0 Å². The van der Waals surface area contributed by atoms with Crippen molar-refractivity contribution in [3.63, 3.8) is 0 Å². The standard InChI is InChI=1S/C11H10BrNO4/c1-17-11(16)9(6-10(14)15)13-8-4-2-3-7(12)5-8/h2-6,13H,1H3,(H,14,15). The second-order valence-electron chi connectivity index (χ2n) is 3.02. The number of methoxy groups -OCH3 is 1. The first-order valence-corrected chi connectivity index (χ1v) is 5.37. The Bertz CT molecular complexity index is 470. The van der Waals surface area contributed by atoms with Crippen molar-refractivity contribution in [2.24, 2.45) is 0 Å². The molecule has 0 bridgehead atoms. The summed E-state index contributed by atoms with van der Waals surface area (Å²) in [6.07, 6.45) is 0.757. The van der Waals surface area contributed by atoms with Crippen molar-refractivity contribution < 1.29 is 19.4 Å². The summed E-state index contributed by atoms with van der Waals surface area (Å²) in [5, 5.41) is 11.3. The van der Waals surface area contributed by atoms with Crippen LogP contribution in [0.5, 0.6) is 0 Å². The predicted octanol–water partition coefficient (Wildman–Crippen LogP) is 2.00. The van der Waals surface area contributed by atoms with E-state index in [0.717, 1.165) is 10.5 Å². The average Bonchev–Trinajstić information content (AvgIpc) is 2.26. The van der Waals surface area contributed by atoms with Gasteiger partial charge in [0.2, 0.25) is 0 Å². The van der Waals surface area contributed by atoms with Crippen LogP contribution < -0.4 is 5.32 Å². The molecule has 0 aliphatic carbocycles. The molecule has 90 valence electrons. The molecule has 17 heavy (non-hydrogen) atoms. The number of carbonyl (C=O) groups excluding carboxylic acids is 1. The van der Waals surface area contributed by atoms with E-state index < -0.39 is 11.9 Å². The summed E-state index contributed by atoms with van der Waals surface area (Å²) < 4.78 is 5.28. The molecule has 2 N–H and O–H groups in total. The number of anilines is 1. The third-order valence-electron chi connectivity index (χ3n) is 1.78. The quantitative estimate of drug-likeness (QED) is 0.657. The Hall–Kier alpha value is -1.82. The molecule has 1 aromatic carbocycles. The number of carboxylic acids is 1. The SMILES string of the molecule is COC(=O)C(=CC(=O)O)Nc1cccc(Br)c1. The fourth-order valence-corrected chi connectivity index (χ4v) is 1.50. The fourth-order valence-electron chi connectivity index (χ4n) is 1.10. The number of aliphatic carboxylic acids is 1. The highest BCUT2D eigenvalue weighted by atomic mass is 79.9. The third kappa shape index (κ3) is 4.28. The van der Waals surface area contributed by atoms with Gasteiger partial charge in [-0.15, -0.1) is 0 Å². The lowest BCUT2D eigenvalue weighted by Gasteiger charge is -2.08. The summed E-state index contributed by atoms with van der Waals surface area (Å²) in [4.78, 5) is 21.9. The van der Waals surface area contributed by atoms with Crippen LogP contribution in [0.2, 0.25) is 0 Å². The fraction of sp³-hybridized carbons (Fsp3) is 0.0909. The molecule has 6 heteroatoms. The van der Waals surface area contributed by atoms with Gasteiger partial charge in [0.05, 0.1) is 13.2 Å². The minimum Gasteiger partial charge on any atom is -0.478 e. The number of carbonyl (C=O) groups is 2. The summed E-state index contributed by atoms with van der Waals surface area (Å²) in [5.41, 5.74) is 0.440. The van der Waals surface area contributed by atoms with Crippen molar-refractivity contribution in [3.8, 4) is 0 Å². The van der Waals surface area contributed by atoms with E-state index in [1.807, 2.05) is 6.07 Å². The second-order valence-corrected chi connectivity index (χ2v) is 3.94. The highest BCUT2D eigenvalue weighted by molar-refractivity contribution is 9.10. The zero-order valence-electron chi connectivity index (χ0n) is 8.94. The van der Waals surface area contributed by atoms with Crippen LogP contribution in [0.25, 0.3) is 0 Å². The van der Waals surface area contributed by atoms with E-state index in [0.29, 0.717) is 5.69 Å². The lowest BCUT2D eigenvalue weighted by molar-refractivity contribution is -0.137. The van der Waals surface area contributed by atoms with E-state index in [2.05, 4.69) is 26.0 Å². The van der Waals surface area contributed by atoms with Crippen LogP contribution in [0.3, 0.4) is 0 Å². The molecule has 0 fully saturated rings. The number of hydrogen-bond donors (Lipinski definition) is 2. The Labute approximate surface area is 106 Å². The molecule has 0 heterocycles. The van der Waals surface area contributed by atoms with Gasteiger partial charge in [0.25, 0.3) is 0 Å². The van der Waals surface area contributed by atoms with Gasteiger partial charge in [-0.25, -0.2) is 9.59 Å². The van der Waals surface area contributed by atoms with Gasteiger partial charge in [-0.05, 0) is 18.2 Å². The monoisotopic (exact) mass is 299 g/mol. The summed E-state index contributed by atoms with van der Waals surface area (Å²) in [6, 6.07) is 6.97. The number of benzene rings is 1. The normalized spacial score (nSPS) is 10.8. The Balaban J connectivity index is 2.94. The number of halogens is 1. The molecule has 0 unspecified atom stereocenters. The molecule has 0 atom stereocenters. The van der Waals surface area contributed by atoms with E-state index >= 15 is 0 Å². The number of ether oxygens (including phenoxy) is 1. The van der Waals surface area contributed by atoms with Gasteiger partial charge in [-0.3, -0.25) is 0 Å². The zero-order chi connectivity index (χ0) is 12.8. The van der Waals surface area contributed by atoms with Crippen molar-refractivity contribution in [2.75, 3.05) is 12.4 Å². The van der Waals surface area contributed by atoms with Crippen molar-refractivity contribution in [1.29, 1.82) is 0 Å². The molecule has 0 radical (unpaired) electrons. The summed E-state index contributed by atoms with van der Waals surface area (Å²) in [5.74, 6) is -1.97. The van der Waals surface area contributed by atoms with Gasteiger partial charge in [-0.1, -0.05) is 22.0 Å². The molecule has 0 saturated carbocycles. The summed E-state index contributed by atoms with van der Waals surface area (Å²) in [7, 11) is 1.18. The van der Waals surface area contributed by atoms with Crippen LogP contribution in [-0.2, 0) is 14.3 Å². The molecule has 0 amide bonds. The van der Waals surface area contributed by atoms with Crippen molar-refractivity contribution in [2.45, 2.75) is 0 Å². The van der Waals surface area contributed by atoms with E-state index in [4.69, 9.17) is 5.11 Å². The molecule has 1 aromatic rings. The molecule has 1 rings (SSSR count). The first-order chi connectivity index (χ1) is 8.02. The molecule has 0 spiro atoms. The lowest BCUT2D eigenvalue weighted by Crippen LogP contribution is -2.14. The van der Waals surface area contributed by atoms with Crippen LogP contribution in [0.4, 0.5) is 5.69 Å². The van der Waals surface area contributed by atoms with Crippen molar-refractivity contribution in [3.05, 3.63) is 40.5 Å². The second kappa shape index (κ2) is 6.05. The van der Waals surface area contributed by atoms with Crippen LogP contribution >= 0.6 is 15.9 Å². The number of esters is 1. The van der Waals surface area contributed by atoms with E-state index in [9.17, 15) is 9.59 Å². The first kappa shape index (κ1) is 13.2.